The highest BCUT2D eigenvalue weighted by molar-refractivity contribution is 9.10. The third-order valence-electron chi connectivity index (χ3n) is 2.28. The van der Waals surface area contributed by atoms with E-state index in [9.17, 15) is 0 Å². The van der Waals surface area contributed by atoms with E-state index < -0.39 is 0 Å². The predicted molar refractivity (Wildman–Crippen MR) is 62.5 cm³/mol. The van der Waals surface area contributed by atoms with Crippen molar-refractivity contribution in [2.75, 3.05) is 7.11 Å². The van der Waals surface area contributed by atoms with E-state index >= 15 is 0 Å². The van der Waals surface area contributed by atoms with Crippen LogP contribution in [0.15, 0.2) is 22.7 Å². The molecule has 1 unspecified atom stereocenters. The third kappa shape index (κ3) is 2.49. The van der Waals surface area contributed by atoms with E-state index in [0.717, 1.165) is 15.8 Å². The van der Waals surface area contributed by atoms with Crippen molar-refractivity contribution < 1.29 is 4.74 Å². The first-order chi connectivity index (χ1) is 6.56. The van der Waals surface area contributed by atoms with Crippen LogP contribution < -0.4 is 10.5 Å². The number of nitrogens with two attached hydrogens (primary N) is 1. The van der Waals surface area contributed by atoms with Gasteiger partial charge in [0.1, 0.15) is 5.75 Å². The summed E-state index contributed by atoms with van der Waals surface area (Å²) in [5.74, 6) is 1.26. The van der Waals surface area contributed by atoms with Crippen molar-refractivity contribution in [2.45, 2.75) is 19.9 Å². The minimum atomic E-state index is 0.0412. The van der Waals surface area contributed by atoms with Gasteiger partial charge in [-0.15, -0.1) is 0 Å². The molecular weight excluding hydrogens is 242 g/mol. The summed E-state index contributed by atoms with van der Waals surface area (Å²) in [6.07, 6.45) is 0. The van der Waals surface area contributed by atoms with Crippen LogP contribution in [0.1, 0.15) is 25.5 Å². The summed E-state index contributed by atoms with van der Waals surface area (Å²) < 4.78 is 6.20. The second-order valence-corrected chi connectivity index (χ2v) is 4.51. The van der Waals surface area contributed by atoms with Gasteiger partial charge in [-0.3, -0.25) is 0 Å². The minimum absolute atomic E-state index is 0.0412. The zero-order chi connectivity index (χ0) is 10.7. The monoisotopic (exact) mass is 257 g/mol. The molecule has 14 heavy (non-hydrogen) atoms. The topological polar surface area (TPSA) is 35.2 Å². The first-order valence-electron chi connectivity index (χ1n) is 4.65. The summed E-state index contributed by atoms with van der Waals surface area (Å²) in [6.45, 7) is 4.22. The van der Waals surface area contributed by atoms with Crippen LogP contribution in [-0.2, 0) is 0 Å². The van der Waals surface area contributed by atoms with Crippen molar-refractivity contribution in [3.05, 3.63) is 28.2 Å². The maximum Gasteiger partial charge on any atom is 0.119 e. The Hall–Kier alpha value is -0.540. The highest BCUT2D eigenvalue weighted by Gasteiger charge is 2.14. The summed E-state index contributed by atoms with van der Waals surface area (Å²) >= 11 is 3.49. The fraction of sp³-hybridized carbons (Fsp3) is 0.455. The van der Waals surface area contributed by atoms with Gasteiger partial charge in [-0.05, 0) is 29.7 Å². The van der Waals surface area contributed by atoms with E-state index in [-0.39, 0.29) is 6.04 Å². The van der Waals surface area contributed by atoms with Gasteiger partial charge in [-0.1, -0.05) is 29.8 Å². The fourth-order valence-electron chi connectivity index (χ4n) is 1.26. The zero-order valence-corrected chi connectivity index (χ0v) is 10.3. The van der Waals surface area contributed by atoms with Gasteiger partial charge in [0.15, 0.2) is 0 Å². The summed E-state index contributed by atoms with van der Waals surface area (Å²) in [7, 11) is 1.66. The van der Waals surface area contributed by atoms with E-state index in [4.69, 9.17) is 10.5 Å². The van der Waals surface area contributed by atoms with Crippen molar-refractivity contribution in [3.63, 3.8) is 0 Å². The molecule has 3 heteroatoms. The SMILES string of the molecule is COc1ccc(Br)c(C(N)C(C)C)c1. The van der Waals surface area contributed by atoms with E-state index in [1.54, 1.807) is 7.11 Å². The average molecular weight is 258 g/mol. The Morgan fingerprint density at radius 2 is 2.00 bits per heavy atom. The molecule has 0 amide bonds. The molecule has 0 aromatic heterocycles. The molecule has 1 rings (SSSR count). The smallest absolute Gasteiger partial charge is 0.119 e. The van der Waals surface area contributed by atoms with Gasteiger partial charge in [-0.25, -0.2) is 0 Å². The third-order valence-corrected chi connectivity index (χ3v) is 3.00. The highest BCUT2D eigenvalue weighted by Crippen LogP contribution is 2.29. The molecule has 0 radical (unpaired) electrons. The fourth-order valence-corrected chi connectivity index (χ4v) is 1.77. The average Bonchev–Trinajstić information content (AvgIpc) is 2.17. The largest absolute Gasteiger partial charge is 0.497 e. The number of methoxy groups -OCH3 is 1. The van der Waals surface area contributed by atoms with Gasteiger partial charge >= 0.3 is 0 Å². The van der Waals surface area contributed by atoms with E-state index in [2.05, 4.69) is 29.8 Å². The Bertz CT molecular complexity index is 312. The lowest BCUT2D eigenvalue weighted by atomic mass is 9.97. The Kier molecular flexibility index (Phi) is 3.96. The lowest BCUT2D eigenvalue weighted by molar-refractivity contribution is 0.412. The van der Waals surface area contributed by atoms with Crippen LogP contribution in [0.3, 0.4) is 0 Å². The van der Waals surface area contributed by atoms with Crippen LogP contribution in [-0.4, -0.2) is 7.11 Å². The van der Waals surface area contributed by atoms with Gasteiger partial charge in [0.2, 0.25) is 0 Å². The second-order valence-electron chi connectivity index (χ2n) is 3.66. The van der Waals surface area contributed by atoms with Crippen molar-refractivity contribution in [1.82, 2.24) is 0 Å². The predicted octanol–water partition coefficient (Wildman–Crippen LogP) is 3.11. The summed E-state index contributed by atoms with van der Waals surface area (Å²) in [6, 6.07) is 5.91. The van der Waals surface area contributed by atoms with Crippen LogP contribution in [0.4, 0.5) is 0 Å². The number of hydrogen-bond donors (Lipinski definition) is 1. The number of halogens is 1. The lowest BCUT2D eigenvalue weighted by Gasteiger charge is -2.18. The summed E-state index contributed by atoms with van der Waals surface area (Å²) in [5.41, 5.74) is 7.17. The molecule has 0 bridgehead atoms. The molecule has 0 aliphatic rings. The Labute approximate surface area is 93.6 Å². The summed E-state index contributed by atoms with van der Waals surface area (Å²) in [5, 5.41) is 0. The molecule has 0 fully saturated rings. The molecular formula is C11H16BrNO. The molecule has 0 saturated carbocycles. The molecule has 0 aliphatic carbocycles. The maximum absolute atomic E-state index is 6.08. The van der Waals surface area contributed by atoms with Crippen LogP contribution >= 0.6 is 15.9 Å². The lowest BCUT2D eigenvalue weighted by Crippen LogP contribution is -2.17. The maximum atomic E-state index is 6.08. The molecule has 1 atom stereocenters. The number of ether oxygens (including phenoxy) is 1. The van der Waals surface area contributed by atoms with Gasteiger partial charge in [0.25, 0.3) is 0 Å². The molecule has 78 valence electrons. The molecule has 0 heterocycles. The molecule has 1 aromatic rings. The quantitative estimate of drug-likeness (QED) is 0.904. The minimum Gasteiger partial charge on any atom is -0.497 e. The van der Waals surface area contributed by atoms with E-state index in [1.807, 2.05) is 18.2 Å². The molecule has 0 saturated heterocycles. The van der Waals surface area contributed by atoms with Crippen LogP contribution in [0.25, 0.3) is 0 Å². The van der Waals surface area contributed by atoms with E-state index in [1.165, 1.54) is 0 Å². The molecule has 2 nitrogen and oxygen atoms in total. The van der Waals surface area contributed by atoms with E-state index in [0.29, 0.717) is 5.92 Å². The van der Waals surface area contributed by atoms with Gasteiger partial charge in [0, 0.05) is 10.5 Å². The van der Waals surface area contributed by atoms with Crippen LogP contribution in [0, 0.1) is 5.92 Å². The van der Waals surface area contributed by atoms with Crippen LogP contribution in [0.2, 0.25) is 0 Å². The molecule has 0 spiro atoms. The first kappa shape index (κ1) is 11.5. The standard InChI is InChI=1S/C11H16BrNO/c1-7(2)11(13)9-6-8(14-3)4-5-10(9)12/h4-7,11H,13H2,1-3H3. The van der Waals surface area contributed by atoms with Crippen molar-refractivity contribution in [2.24, 2.45) is 11.7 Å². The van der Waals surface area contributed by atoms with Gasteiger partial charge in [-0.2, -0.15) is 0 Å². The normalized spacial score (nSPS) is 13.0. The number of rotatable bonds is 3. The first-order valence-corrected chi connectivity index (χ1v) is 5.44. The number of benzene rings is 1. The zero-order valence-electron chi connectivity index (χ0n) is 8.75. The Morgan fingerprint density at radius 3 is 2.50 bits per heavy atom. The van der Waals surface area contributed by atoms with Gasteiger partial charge < -0.3 is 10.5 Å². The Morgan fingerprint density at radius 1 is 1.36 bits per heavy atom. The highest BCUT2D eigenvalue weighted by atomic mass is 79.9. The Balaban J connectivity index is 3.05. The molecule has 0 aliphatic heterocycles. The second kappa shape index (κ2) is 4.80. The number of hydrogen-bond acceptors (Lipinski definition) is 2. The molecule has 1 aromatic carbocycles. The van der Waals surface area contributed by atoms with Crippen molar-refractivity contribution in [1.29, 1.82) is 0 Å². The molecule has 2 N–H and O–H groups in total. The van der Waals surface area contributed by atoms with Gasteiger partial charge in [0.05, 0.1) is 7.11 Å². The van der Waals surface area contributed by atoms with Crippen molar-refractivity contribution in [3.8, 4) is 5.75 Å². The van der Waals surface area contributed by atoms with Crippen LogP contribution in [0.5, 0.6) is 5.75 Å². The van der Waals surface area contributed by atoms with Crippen molar-refractivity contribution >= 4 is 15.9 Å². The summed E-state index contributed by atoms with van der Waals surface area (Å²) in [4.78, 5) is 0.